The van der Waals surface area contributed by atoms with Crippen LogP contribution in [0.5, 0.6) is 0 Å². The summed E-state index contributed by atoms with van der Waals surface area (Å²) in [5.74, 6) is 0.932. The van der Waals surface area contributed by atoms with E-state index in [2.05, 4.69) is 44.5 Å². The second-order valence-electron chi connectivity index (χ2n) is 8.39. The summed E-state index contributed by atoms with van der Waals surface area (Å²) in [5.41, 5.74) is 2.00. The van der Waals surface area contributed by atoms with Gasteiger partial charge in [0.25, 0.3) is 0 Å². The van der Waals surface area contributed by atoms with Gasteiger partial charge in [0.05, 0.1) is 5.69 Å². The summed E-state index contributed by atoms with van der Waals surface area (Å²) in [7, 11) is 0. The lowest BCUT2D eigenvalue weighted by Gasteiger charge is -2.40. The summed E-state index contributed by atoms with van der Waals surface area (Å²) < 4.78 is 1.88. The van der Waals surface area contributed by atoms with Crippen LogP contribution >= 0.6 is 0 Å². The highest BCUT2D eigenvalue weighted by atomic mass is 16.2. The van der Waals surface area contributed by atoms with Crippen molar-refractivity contribution in [3.8, 4) is 0 Å². The molecule has 1 fully saturated rings. The number of hydrogen-bond acceptors (Lipinski definition) is 3. The van der Waals surface area contributed by atoms with Crippen LogP contribution in [0.15, 0.2) is 18.5 Å². The molecule has 27 heavy (non-hydrogen) atoms. The van der Waals surface area contributed by atoms with Crippen LogP contribution in [0.1, 0.15) is 32.5 Å². The van der Waals surface area contributed by atoms with E-state index in [1.54, 1.807) is 0 Å². The molecule has 0 saturated carbocycles. The molecule has 1 aliphatic carbocycles. The predicted octanol–water partition coefficient (Wildman–Crippen LogP) is 2.01. The maximum atomic E-state index is 13.1. The van der Waals surface area contributed by atoms with Gasteiger partial charge < -0.3 is 4.90 Å². The Morgan fingerprint density at radius 2 is 2.07 bits per heavy atom. The van der Waals surface area contributed by atoms with Gasteiger partial charge in [-0.3, -0.25) is 14.5 Å². The standard InChI is InChI=1S/C22H24N4O/c1-12(2)21(22(27)25-9-13(3)10-25)26-11-17-16-7-8-23-18-6-5-15(19(16)18)14(4)20(17)24-26/h5,7-8,11-13,21H,4,6,9-10H2,1-3H3. The minimum absolute atomic E-state index is 0.165. The molecule has 1 aromatic carbocycles. The number of carbonyl (C=O) groups is 1. The third kappa shape index (κ3) is 2.27. The molecule has 2 aliphatic rings. The number of likely N-dealkylation sites (tertiary alicyclic amines) is 1. The van der Waals surface area contributed by atoms with Gasteiger partial charge in [-0.25, -0.2) is 0 Å². The number of hydrogen-bond donors (Lipinski definition) is 0. The number of rotatable bonds is 3. The van der Waals surface area contributed by atoms with Gasteiger partial charge in [-0.1, -0.05) is 33.4 Å². The fourth-order valence-corrected chi connectivity index (χ4v) is 4.61. The van der Waals surface area contributed by atoms with E-state index < -0.39 is 0 Å². The fourth-order valence-electron chi connectivity index (χ4n) is 4.61. The molecule has 1 aliphatic heterocycles. The van der Waals surface area contributed by atoms with Crippen molar-refractivity contribution in [3.63, 3.8) is 0 Å². The first-order valence-corrected chi connectivity index (χ1v) is 9.72. The molecule has 1 atom stereocenters. The minimum atomic E-state index is -0.281. The van der Waals surface area contributed by atoms with Crippen LogP contribution in [0.4, 0.5) is 0 Å². The fraction of sp³-hybridized carbons (Fsp3) is 0.409. The Balaban J connectivity index is 1.71. The Morgan fingerprint density at radius 1 is 1.30 bits per heavy atom. The Hall–Kier alpha value is -2.69. The number of nitrogens with zero attached hydrogens (tertiary/aromatic N) is 4. The minimum Gasteiger partial charge on any atom is -0.340 e. The van der Waals surface area contributed by atoms with Crippen molar-refractivity contribution in [2.24, 2.45) is 11.8 Å². The van der Waals surface area contributed by atoms with Gasteiger partial charge >= 0.3 is 0 Å². The SMILES string of the molecule is C=c1c2c3c(nccc3c3cn(C(C(=O)N4CC(C)C4)C(C)C)nc13)CC=2. The Morgan fingerprint density at radius 3 is 2.78 bits per heavy atom. The van der Waals surface area contributed by atoms with E-state index in [0.717, 1.165) is 51.9 Å². The highest BCUT2D eigenvalue weighted by Gasteiger charge is 2.35. The Kier molecular flexibility index (Phi) is 3.45. The molecule has 3 aromatic rings. The van der Waals surface area contributed by atoms with Gasteiger partial charge in [-0.05, 0) is 28.5 Å². The second-order valence-corrected chi connectivity index (χ2v) is 8.39. The van der Waals surface area contributed by atoms with E-state index in [9.17, 15) is 4.79 Å². The first kappa shape index (κ1) is 16.5. The van der Waals surface area contributed by atoms with E-state index in [0.29, 0.717) is 5.92 Å². The van der Waals surface area contributed by atoms with Crippen molar-refractivity contribution in [1.29, 1.82) is 0 Å². The normalized spacial score (nSPS) is 17.6. The van der Waals surface area contributed by atoms with Gasteiger partial charge in [0.2, 0.25) is 5.91 Å². The largest absolute Gasteiger partial charge is 0.340 e. The molecule has 1 amide bonds. The summed E-state index contributed by atoms with van der Waals surface area (Å²) in [4.78, 5) is 19.6. The number of pyridine rings is 1. The lowest BCUT2D eigenvalue weighted by Crippen LogP contribution is -2.52. The predicted molar refractivity (Wildman–Crippen MR) is 108 cm³/mol. The molecule has 0 spiro atoms. The molecule has 1 unspecified atom stereocenters. The van der Waals surface area contributed by atoms with E-state index >= 15 is 0 Å². The highest BCUT2D eigenvalue weighted by molar-refractivity contribution is 6.08. The molecule has 0 bridgehead atoms. The zero-order valence-corrected chi connectivity index (χ0v) is 16.1. The topological polar surface area (TPSA) is 51.0 Å². The van der Waals surface area contributed by atoms with Crippen LogP contribution in [0.3, 0.4) is 0 Å². The molecule has 138 valence electrons. The molecular formula is C22H24N4O. The third-order valence-electron chi connectivity index (χ3n) is 5.98. The Labute approximate surface area is 158 Å². The lowest BCUT2D eigenvalue weighted by atomic mass is 9.97. The molecule has 1 saturated heterocycles. The van der Waals surface area contributed by atoms with Gasteiger partial charge in [0.15, 0.2) is 0 Å². The molecule has 3 heterocycles. The smallest absolute Gasteiger partial charge is 0.247 e. The zero-order valence-electron chi connectivity index (χ0n) is 16.1. The number of fused-ring (bicyclic) bond motifs is 2. The van der Waals surface area contributed by atoms with Crippen molar-refractivity contribution >= 4 is 40.2 Å². The average Bonchev–Trinajstić information content (AvgIpc) is 3.22. The zero-order chi connectivity index (χ0) is 18.9. The number of aromatic nitrogens is 3. The Bertz CT molecular complexity index is 1200. The van der Waals surface area contributed by atoms with Gasteiger partial charge in [-0.2, -0.15) is 5.10 Å². The van der Waals surface area contributed by atoms with E-state index in [4.69, 9.17) is 5.10 Å². The number of benzene rings is 1. The van der Waals surface area contributed by atoms with Crippen molar-refractivity contribution in [3.05, 3.63) is 34.6 Å². The maximum absolute atomic E-state index is 13.1. The average molecular weight is 360 g/mol. The summed E-state index contributed by atoms with van der Waals surface area (Å²) in [5, 5.41) is 10.4. The van der Waals surface area contributed by atoms with Crippen LogP contribution in [-0.4, -0.2) is 38.7 Å². The van der Waals surface area contributed by atoms with Crippen LogP contribution in [0.2, 0.25) is 0 Å². The van der Waals surface area contributed by atoms with Crippen molar-refractivity contribution in [2.45, 2.75) is 33.2 Å². The summed E-state index contributed by atoms with van der Waals surface area (Å²) in [6, 6.07) is 1.77. The van der Waals surface area contributed by atoms with Crippen LogP contribution < -0.4 is 10.4 Å². The quantitative estimate of drug-likeness (QED) is 0.718. The molecule has 2 aromatic heterocycles. The van der Waals surface area contributed by atoms with E-state index in [-0.39, 0.29) is 17.9 Å². The second kappa shape index (κ2) is 5.65. The van der Waals surface area contributed by atoms with Crippen LogP contribution in [0, 0.1) is 11.8 Å². The first-order valence-electron chi connectivity index (χ1n) is 9.72. The van der Waals surface area contributed by atoms with Crippen molar-refractivity contribution < 1.29 is 4.79 Å². The van der Waals surface area contributed by atoms with Crippen LogP contribution in [-0.2, 0) is 11.2 Å². The molecular weight excluding hydrogens is 336 g/mol. The van der Waals surface area contributed by atoms with Crippen molar-refractivity contribution in [2.75, 3.05) is 13.1 Å². The third-order valence-corrected chi connectivity index (χ3v) is 5.98. The van der Waals surface area contributed by atoms with Crippen molar-refractivity contribution in [1.82, 2.24) is 19.7 Å². The number of carbonyl (C=O) groups excluding carboxylic acids is 1. The lowest BCUT2D eigenvalue weighted by molar-refractivity contribution is -0.142. The van der Waals surface area contributed by atoms with Gasteiger partial charge in [0, 0.05) is 47.9 Å². The van der Waals surface area contributed by atoms with E-state index in [1.165, 1.54) is 5.39 Å². The maximum Gasteiger partial charge on any atom is 0.247 e. The van der Waals surface area contributed by atoms with Gasteiger partial charge in [0.1, 0.15) is 11.6 Å². The summed E-state index contributed by atoms with van der Waals surface area (Å²) in [6.45, 7) is 12.4. The summed E-state index contributed by atoms with van der Waals surface area (Å²) in [6.07, 6.45) is 6.95. The molecule has 5 rings (SSSR count). The van der Waals surface area contributed by atoms with E-state index in [1.807, 2.05) is 22.0 Å². The van der Waals surface area contributed by atoms with Crippen LogP contribution in [0.25, 0.3) is 34.3 Å². The number of amides is 1. The molecule has 0 N–H and O–H groups in total. The summed E-state index contributed by atoms with van der Waals surface area (Å²) >= 11 is 0. The monoisotopic (exact) mass is 360 g/mol. The molecule has 5 heteroatoms. The first-order chi connectivity index (χ1) is 13.0. The van der Waals surface area contributed by atoms with Gasteiger partial charge in [-0.15, -0.1) is 0 Å². The molecule has 0 radical (unpaired) electrons. The molecule has 5 nitrogen and oxygen atoms in total. The highest BCUT2D eigenvalue weighted by Crippen LogP contribution is 2.29.